The number of methoxy groups -OCH3 is 1. The summed E-state index contributed by atoms with van der Waals surface area (Å²) in [5.41, 5.74) is 6.66. The number of anilines is 2. The van der Waals surface area contributed by atoms with Gasteiger partial charge in [0, 0.05) is 26.9 Å². The summed E-state index contributed by atoms with van der Waals surface area (Å²) in [5.74, 6) is 0.617. The summed E-state index contributed by atoms with van der Waals surface area (Å²) in [6.07, 6.45) is 1.58. The van der Waals surface area contributed by atoms with Crippen LogP contribution >= 0.6 is 0 Å². The molecule has 15 heavy (non-hydrogen) atoms. The van der Waals surface area contributed by atoms with Gasteiger partial charge in [-0.2, -0.15) is 5.26 Å². The first-order valence-corrected chi connectivity index (χ1v) is 4.55. The molecule has 5 nitrogen and oxygen atoms in total. The van der Waals surface area contributed by atoms with E-state index in [1.165, 1.54) is 0 Å². The number of hydrogen-bond acceptors (Lipinski definition) is 5. The van der Waals surface area contributed by atoms with Crippen LogP contribution in [0.3, 0.4) is 0 Å². The van der Waals surface area contributed by atoms with E-state index in [-0.39, 0.29) is 0 Å². The summed E-state index contributed by atoms with van der Waals surface area (Å²) in [7, 11) is 3.50. The quantitative estimate of drug-likeness (QED) is 0.781. The van der Waals surface area contributed by atoms with Gasteiger partial charge in [0.05, 0.1) is 17.9 Å². The lowest BCUT2D eigenvalue weighted by Crippen LogP contribution is -2.24. The zero-order valence-electron chi connectivity index (χ0n) is 8.90. The molecular formula is C10H14N4O. The van der Waals surface area contributed by atoms with Gasteiger partial charge >= 0.3 is 0 Å². The molecule has 0 saturated heterocycles. The van der Waals surface area contributed by atoms with Crippen LogP contribution in [0.2, 0.25) is 0 Å². The number of nitrogen functional groups attached to an aromatic ring is 1. The lowest BCUT2D eigenvalue weighted by atomic mass is 10.2. The third-order valence-corrected chi connectivity index (χ3v) is 2.08. The van der Waals surface area contributed by atoms with Crippen LogP contribution < -0.4 is 10.6 Å². The Kier molecular flexibility index (Phi) is 3.89. The number of hydrogen-bond donors (Lipinski definition) is 1. The molecule has 0 aliphatic carbocycles. The van der Waals surface area contributed by atoms with E-state index >= 15 is 0 Å². The van der Waals surface area contributed by atoms with Crippen LogP contribution in [0.1, 0.15) is 5.56 Å². The van der Waals surface area contributed by atoms with Gasteiger partial charge in [-0.3, -0.25) is 0 Å². The summed E-state index contributed by atoms with van der Waals surface area (Å²) in [4.78, 5) is 5.99. The highest BCUT2D eigenvalue weighted by Gasteiger charge is 2.09. The molecule has 0 radical (unpaired) electrons. The minimum atomic E-state index is 0.415. The van der Waals surface area contributed by atoms with Crippen molar-refractivity contribution >= 4 is 11.5 Å². The Morgan fingerprint density at radius 2 is 2.40 bits per heavy atom. The number of aromatic nitrogens is 1. The Balaban J connectivity index is 2.90. The Hall–Kier alpha value is -1.80. The van der Waals surface area contributed by atoms with Crippen molar-refractivity contribution in [3.8, 4) is 6.07 Å². The predicted molar refractivity (Wildman–Crippen MR) is 58.5 cm³/mol. The fourth-order valence-electron chi connectivity index (χ4n) is 1.20. The van der Waals surface area contributed by atoms with Crippen LogP contribution in [0, 0.1) is 11.3 Å². The molecule has 1 aromatic heterocycles. The maximum Gasteiger partial charge on any atom is 0.152 e. The highest BCUT2D eigenvalue weighted by Crippen LogP contribution is 2.21. The molecule has 0 spiro atoms. The predicted octanol–water partition coefficient (Wildman–Crippen LogP) is 0.618. The third kappa shape index (κ3) is 2.58. The minimum Gasteiger partial charge on any atom is -0.395 e. The van der Waals surface area contributed by atoms with Crippen molar-refractivity contribution in [1.29, 1.82) is 5.26 Å². The van der Waals surface area contributed by atoms with Gasteiger partial charge in [0.25, 0.3) is 0 Å². The maximum atomic E-state index is 8.80. The smallest absolute Gasteiger partial charge is 0.152 e. The summed E-state index contributed by atoms with van der Waals surface area (Å²) < 4.78 is 4.96. The van der Waals surface area contributed by atoms with Gasteiger partial charge in [0.15, 0.2) is 5.82 Å². The van der Waals surface area contributed by atoms with Crippen LogP contribution in [0.15, 0.2) is 12.3 Å². The SMILES string of the molecule is COCCN(C)c1nccc(C#N)c1N. The van der Waals surface area contributed by atoms with Crippen molar-refractivity contribution in [2.45, 2.75) is 0 Å². The second-order valence-corrected chi connectivity index (χ2v) is 3.12. The number of nitriles is 1. The van der Waals surface area contributed by atoms with E-state index in [2.05, 4.69) is 4.98 Å². The second-order valence-electron chi connectivity index (χ2n) is 3.12. The molecule has 5 heteroatoms. The van der Waals surface area contributed by atoms with Crippen LogP contribution in [0.4, 0.5) is 11.5 Å². The van der Waals surface area contributed by atoms with E-state index in [1.54, 1.807) is 19.4 Å². The normalized spacial score (nSPS) is 9.67. The molecule has 80 valence electrons. The molecule has 0 aliphatic rings. The number of pyridine rings is 1. The van der Waals surface area contributed by atoms with Gasteiger partial charge in [0.2, 0.25) is 0 Å². The average Bonchev–Trinajstić information content (AvgIpc) is 2.26. The fraction of sp³-hybridized carbons (Fsp3) is 0.400. The standard InChI is InChI=1S/C10H14N4O/c1-14(5-6-15-2)10-9(12)8(7-11)3-4-13-10/h3-4H,5-6,12H2,1-2H3. The van der Waals surface area contributed by atoms with Crippen LogP contribution in [0.5, 0.6) is 0 Å². The van der Waals surface area contributed by atoms with Gasteiger partial charge in [-0.05, 0) is 6.07 Å². The first-order chi connectivity index (χ1) is 7.20. The molecule has 0 amide bonds. The molecule has 0 bridgehead atoms. The molecule has 1 rings (SSSR count). The zero-order valence-corrected chi connectivity index (χ0v) is 8.90. The molecule has 0 atom stereocenters. The van der Waals surface area contributed by atoms with Gasteiger partial charge in [-0.1, -0.05) is 0 Å². The van der Waals surface area contributed by atoms with Crippen molar-refractivity contribution < 1.29 is 4.74 Å². The molecule has 0 aromatic carbocycles. The number of rotatable bonds is 4. The Bertz CT molecular complexity index is 372. The monoisotopic (exact) mass is 206 g/mol. The zero-order chi connectivity index (χ0) is 11.3. The molecule has 1 aromatic rings. The van der Waals surface area contributed by atoms with E-state index in [9.17, 15) is 0 Å². The van der Waals surface area contributed by atoms with Crippen molar-refractivity contribution in [2.24, 2.45) is 0 Å². The van der Waals surface area contributed by atoms with E-state index in [0.717, 1.165) is 0 Å². The van der Waals surface area contributed by atoms with Crippen molar-refractivity contribution in [1.82, 2.24) is 4.98 Å². The maximum absolute atomic E-state index is 8.80. The Morgan fingerprint density at radius 1 is 1.67 bits per heavy atom. The highest BCUT2D eigenvalue weighted by molar-refractivity contribution is 5.69. The van der Waals surface area contributed by atoms with Gasteiger partial charge in [0.1, 0.15) is 6.07 Å². The lowest BCUT2D eigenvalue weighted by Gasteiger charge is -2.19. The van der Waals surface area contributed by atoms with Crippen LogP contribution in [-0.2, 0) is 4.74 Å². The van der Waals surface area contributed by atoms with Crippen molar-refractivity contribution in [3.63, 3.8) is 0 Å². The molecular weight excluding hydrogens is 192 g/mol. The minimum absolute atomic E-state index is 0.415. The van der Waals surface area contributed by atoms with E-state index < -0.39 is 0 Å². The van der Waals surface area contributed by atoms with E-state index in [1.807, 2.05) is 18.0 Å². The average molecular weight is 206 g/mol. The van der Waals surface area contributed by atoms with Crippen LogP contribution in [0.25, 0.3) is 0 Å². The molecule has 0 aliphatic heterocycles. The lowest BCUT2D eigenvalue weighted by molar-refractivity contribution is 0.206. The number of nitrogens with two attached hydrogens (primary N) is 1. The third-order valence-electron chi connectivity index (χ3n) is 2.08. The number of likely N-dealkylation sites (N-methyl/N-ethyl adjacent to an activating group) is 1. The van der Waals surface area contributed by atoms with E-state index in [4.69, 9.17) is 15.7 Å². The molecule has 0 saturated carbocycles. The number of ether oxygens (including phenoxy) is 1. The topological polar surface area (TPSA) is 75.2 Å². The van der Waals surface area contributed by atoms with Gasteiger partial charge < -0.3 is 15.4 Å². The van der Waals surface area contributed by atoms with Crippen molar-refractivity contribution in [3.05, 3.63) is 17.8 Å². The summed E-state index contributed by atoms with van der Waals surface area (Å²) in [5, 5.41) is 8.80. The van der Waals surface area contributed by atoms with Gasteiger partial charge in [-0.15, -0.1) is 0 Å². The largest absolute Gasteiger partial charge is 0.395 e. The Labute approximate surface area is 89.1 Å². The van der Waals surface area contributed by atoms with Crippen molar-refractivity contribution in [2.75, 3.05) is 37.9 Å². The highest BCUT2D eigenvalue weighted by atomic mass is 16.5. The first-order valence-electron chi connectivity index (χ1n) is 4.55. The van der Waals surface area contributed by atoms with Gasteiger partial charge in [-0.25, -0.2) is 4.98 Å². The second kappa shape index (κ2) is 5.17. The molecule has 1 heterocycles. The fourth-order valence-corrected chi connectivity index (χ4v) is 1.20. The Morgan fingerprint density at radius 3 is 3.00 bits per heavy atom. The molecule has 0 unspecified atom stereocenters. The summed E-state index contributed by atoms with van der Waals surface area (Å²) in [6, 6.07) is 3.62. The molecule has 0 fully saturated rings. The molecule has 2 N–H and O–H groups in total. The summed E-state index contributed by atoms with van der Waals surface area (Å²) in [6.45, 7) is 1.27. The van der Waals surface area contributed by atoms with E-state index in [0.29, 0.717) is 30.2 Å². The van der Waals surface area contributed by atoms with Crippen LogP contribution in [-0.4, -0.2) is 32.3 Å². The summed E-state index contributed by atoms with van der Waals surface area (Å²) >= 11 is 0. The first kappa shape index (κ1) is 11.3. The number of nitrogens with zero attached hydrogens (tertiary/aromatic N) is 3.